The van der Waals surface area contributed by atoms with Gasteiger partial charge in [0.25, 0.3) is 0 Å². The standard InChI is InChI=1S/C25H29FN4O3S/c1-18-6-4-7-19(16-18)27-25-30(11-5-10-29-12-14-33-15-13-29)24(32)22(34-25)17-23(31)28-21-9-3-2-8-20(21)26/h2-4,6-9,16,22H,5,10-15,17H2,1H3,(H,28,31). The molecule has 7 nitrogen and oxygen atoms in total. The number of aliphatic imine (C=N–C) groups is 1. The van der Waals surface area contributed by atoms with E-state index in [2.05, 4.69) is 10.2 Å². The molecular weight excluding hydrogens is 455 g/mol. The van der Waals surface area contributed by atoms with Crippen LogP contribution in [0.25, 0.3) is 0 Å². The second-order valence-electron chi connectivity index (χ2n) is 8.37. The highest BCUT2D eigenvalue weighted by atomic mass is 32.2. The summed E-state index contributed by atoms with van der Waals surface area (Å²) in [6, 6.07) is 13.8. The number of rotatable bonds is 8. The van der Waals surface area contributed by atoms with Crippen LogP contribution in [0.5, 0.6) is 0 Å². The van der Waals surface area contributed by atoms with Crippen LogP contribution in [-0.4, -0.2) is 71.4 Å². The van der Waals surface area contributed by atoms with Crippen LogP contribution >= 0.6 is 11.8 Å². The fourth-order valence-corrected chi connectivity index (χ4v) is 5.13. The number of amidine groups is 1. The van der Waals surface area contributed by atoms with Gasteiger partial charge in [0.1, 0.15) is 11.1 Å². The molecule has 2 aliphatic rings. The molecule has 0 aliphatic carbocycles. The van der Waals surface area contributed by atoms with E-state index in [1.807, 2.05) is 31.2 Å². The third-order valence-corrected chi connectivity index (χ3v) is 6.90. The van der Waals surface area contributed by atoms with Crippen molar-refractivity contribution in [1.29, 1.82) is 0 Å². The van der Waals surface area contributed by atoms with Crippen LogP contribution in [0.3, 0.4) is 0 Å². The third-order valence-electron chi connectivity index (χ3n) is 5.72. The molecule has 4 rings (SSSR count). The molecule has 0 bridgehead atoms. The highest BCUT2D eigenvalue weighted by Gasteiger charge is 2.39. The van der Waals surface area contributed by atoms with E-state index in [4.69, 9.17) is 9.73 Å². The van der Waals surface area contributed by atoms with Crippen LogP contribution in [-0.2, 0) is 14.3 Å². The Morgan fingerprint density at radius 1 is 1.18 bits per heavy atom. The summed E-state index contributed by atoms with van der Waals surface area (Å²) in [6.07, 6.45) is 0.748. The van der Waals surface area contributed by atoms with Gasteiger partial charge in [-0.15, -0.1) is 0 Å². The predicted octanol–water partition coefficient (Wildman–Crippen LogP) is 3.82. The number of nitrogens with one attached hydrogen (secondary N) is 1. The molecule has 1 unspecified atom stereocenters. The lowest BCUT2D eigenvalue weighted by atomic mass is 10.2. The van der Waals surface area contributed by atoms with Gasteiger partial charge in [0.15, 0.2) is 5.17 Å². The van der Waals surface area contributed by atoms with Crippen LogP contribution in [0, 0.1) is 12.7 Å². The lowest BCUT2D eigenvalue weighted by Gasteiger charge is -2.27. The first-order valence-electron chi connectivity index (χ1n) is 11.5. The summed E-state index contributed by atoms with van der Waals surface area (Å²) in [6.45, 7) is 6.65. The van der Waals surface area contributed by atoms with E-state index in [9.17, 15) is 14.0 Å². The minimum Gasteiger partial charge on any atom is -0.379 e. The molecular formula is C25H29FN4O3S. The summed E-state index contributed by atoms with van der Waals surface area (Å²) in [4.78, 5) is 34.6. The van der Waals surface area contributed by atoms with Crippen molar-refractivity contribution in [2.24, 2.45) is 4.99 Å². The molecule has 2 aromatic carbocycles. The summed E-state index contributed by atoms with van der Waals surface area (Å²) < 4.78 is 19.3. The predicted molar refractivity (Wildman–Crippen MR) is 133 cm³/mol. The molecule has 2 aromatic rings. The Hall–Kier alpha value is -2.75. The largest absolute Gasteiger partial charge is 0.379 e. The number of carbonyl (C=O) groups is 2. The second-order valence-corrected chi connectivity index (χ2v) is 9.54. The number of benzene rings is 2. The van der Waals surface area contributed by atoms with Crippen LogP contribution in [0.4, 0.5) is 15.8 Å². The first-order valence-corrected chi connectivity index (χ1v) is 12.4. The SMILES string of the molecule is Cc1cccc(N=C2SC(CC(=O)Nc3ccccc3F)C(=O)N2CCCN2CCOCC2)c1. The van der Waals surface area contributed by atoms with Crippen LogP contribution < -0.4 is 5.32 Å². The van der Waals surface area contributed by atoms with E-state index in [1.165, 1.54) is 23.9 Å². The number of hydrogen-bond donors (Lipinski definition) is 1. The monoisotopic (exact) mass is 484 g/mol. The van der Waals surface area contributed by atoms with Crippen molar-refractivity contribution in [1.82, 2.24) is 9.80 Å². The van der Waals surface area contributed by atoms with Crippen LogP contribution in [0.1, 0.15) is 18.4 Å². The van der Waals surface area contributed by atoms with E-state index in [-0.39, 0.29) is 18.0 Å². The summed E-state index contributed by atoms with van der Waals surface area (Å²) in [7, 11) is 0. The van der Waals surface area contributed by atoms with Gasteiger partial charge in [-0.1, -0.05) is 36.0 Å². The number of morpholine rings is 1. The number of halogens is 1. The number of nitrogens with zero attached hydrogens (tertiary/aromatic N) is 3. The summed E-state index contributed by atoms with van der Waals surface area (Å²) in [5.41, 5.74) is 1.96. The summed E-state index contributed by atoms with van der Waals surface area (Å²) in [5.74, 6) is -1.05. The van der Waals surface area contributed by atoms with Gasteiger partial charge in [-0.05, 0) is 43.2 Å². The average Bonchev–Trinajstić information content (AvgIpc) is 3.10. The first kappa shape index (κ1) is 24.4. The van der Waals surface area contributed by atoms with Gasteiger partial charge in [-0.25, -0.2) is 9.38 Å². The van der Waals surface area contributed by atoms with Crippen molar-refractivity contribution in [3.63, 3.8) is 0 Å². The average molecular weight is 485 g/mol. The lowest BCUT2D eigenvalue weighted by Crippen LogP contribution is -2.39. The van der Waals surface area contributed by atoms with Crippen molar-refractivity contribution in [3.05, 3.63) is 59.9 Å². The van der Waals surface area contributed by atoms with Gasteiger partial charge in [0, 0.05) is 32.6 Å². The Kier molecular flexibility index (Phi) is 8.31. The highest BCUT2D eigenvalue weighted by Crippen LogP contribution is 2.32. The Balaban J connectivity index is 1.44. The molecule has 0 radical (unpaired) electrons. The number of anilines is 1. The Labute approximate surface area is 203 Å². The molecule has 0 spiro atoms. The highest BCUT2D eigenvalue weighted by molar-refractivity contribution is 8.15. The van der Waals surface area contributed by atoms with Crippen molar-refractivity contribution in [2.45, 2.75) is 25.0 Å². The smallest absolute Gasteiger partial charge is 0.242 e. The molecule has 2 fully saturated rings. The van der Waals surface area contributed by atoms with Crippen molar-refractivity contribution >= 4 is 40.1 Å². The maximum absolute atomic E-state index is 13.9. The van der Waals surface area contributed by atoms with Crippen molar-refractivity contribution in [2.75, 3.05) is 44.7 Å². The van der Waals surface area contributed by atoms with E-state index in [1.54, 1.807) is 17.0 Å². The molecule has 2 heterocycles. The minimum absolute atomic E-state index is 0.0510. The van der Waals surface area contributed by atoms with Gasteiger partial charge in [-0.2, -0.15) is 0 Å². The quantitative estimate of drug-likeness (QED) is 0.617. The molecule has 2 aliphatic heterocycles. The zero-order valence-electron chi connectivity index (χ0n) is 19.2. The van der Waals surface area contributed by atoms with E-state index < -0.39 is 17.0 Å². The van der Waals surface area contributed by atoms with Gasteiger partial charge in [-0.3, -0.25) is 19.4 Å². The number of hydrogen-bond acceptors (Lipinski definition) is 6. The first-order chi connectivity index (χ1) is 16.5. The lowest BCUT2D eigenvalue weighted by molar-refractivity contribution is -0.128. The maximum Gasteiger partial charge on any atom is 0.242 e. The van der Waals surface area contributed by atoms with Gasteiger partial charge < -0.3 is 10.1 Å². The number of para-hydroxylation sites is 1. The molecule has 2 amide bonds. The molecule has 0 aromatic heterocycles. The topological polar surface area (TPSA) is 74.2 Å². The summed E-state index contributed by atoms with van der Waals surface area (Å²) >= 11 is 1.29. The van der Waals surface area contributed by atoms with E-state index in [0.717, 1.165) is 50.5 Å². The molecule has 2 saturated heterocycles. The number of aryl methyl sites for hydroxylation is 1. The van der Waals surface area contributed by atoms with Crippen LogP contribution in [0.2, 0.25) is 0 Å². The van der Waals surface area contributed by atoms with Crippen LogP contribution in [0.15, 0.2) is 53.5 Å². The zero-order valence-corrected chi connectivity index (χ0v) is 20.0. The molecule has 34 heavy (non-hydrogen) atoms. The number of ether oxygens (including phenoxy) is 1. The molecule has 1 atom stereocenters. The Bertz CT molecular complexity index is 1060. The minimum atomic E-state index is -0.598. The third kappa shape index (κ3) is 6.43. The fourth-order valence-electron chi connectivity index (χ4n) is 3.95. The maximum atomic E-state index is 13.9. The van der Waals surface area contributed by atoms with Crippen molar-refractivity contribution in [3.8, 4) is 0 Å². The normalized spacial score (nSPS) is 20.2. The Morgan fingerprint density at radius 3 is 2.74 bits per heavy atom. The molecule has 0 saturated carbocycles. The van der Waals surface area contributed by atoms with Gasteiger partial charge in [0.2, 0.25) is 11.8 Å². The number of carbonyl (C=O) groups excluding carboxylic acids is 2. The van der Waals surface area contributed by atoms with E-state index in [0.29, 0.717) is 11.7 Å². The molecule has 1 N–H and O–H groups in total. The zero-order chi connectivity index (χ0) is 23.9. The van der Waals surface area contributed by atoms with E-state index >= 15 is 0 Å². The Morgan fingerprint density at radius 2 is 1.97 bits per heavy atom. The number of amides is 2. The molecule has 180 valence electrons. The van der Waals surface area contributed by atoms with Gasteiger partial charge >= 0.3 is 0 Å². The van der Waals surface area contributed by atoms with Crippen molar-refractivity contribution < 1.29 is 18.7 Å². The van der Waals surface area contributed by atoms with Gasteiger partial charge in [0.05, 0.1) is 24.6 Å². The summed E-state index contributed by atoms with van der Waals surface area (Å²) in [5, 5.41) is 2.57. The molecule has 9 heteroatoms. The fraction of sp³-hybridized carbons (Fsp3) is 0.400. The second kappa shape index (κ2) is 11.6. The number of thioether (sulfide) groups is 1.